The van der Waals surface area contributed by atoms with Gasteiger partial charge in [0.15, 0.2) is 0 Å². The van der Waals surface area contributed by atoms with Crippen molar-refractivity contribution in [1.29, 1.82) is 0 Å². The van der Waals surface area contributed by atoms with Crippen LogP contribution >= 0.6 is 11.3 Å². The average Bonchev–Trinajstić information content (AvgIpc) is 3.04. The standard InChI is InChI=1S/C17H19N3O3S/c1-17(16(22)23)5-3-7-20(11-17)14(21)8-13-10-24-15(19-13)12-4-2-6-18-9-12/h2,4,6,9-10H,3,5,7-8,11H2,1H3,(H,22,23). The number of pyridine rings is 1. The van der Waals surface area contributed by atoms with Crippen molar-refractivity contribution in [3.8, 4) is 10.6 Å². The molecule has 0 saturated carbocycles. The normalized spacial score (nSPS) is 20.8. The number of thiazole rings is 1. The molecule has 126 valence electrons. The van der Waals surface area contributed by atoms with Crippen molar-refractivity contribution in [2.45, 2.75) is 26.2 Å². The highest BCUT2D eigenvalue weighted by atomic mass is 32.1. The van der Waals surface area contributed by atoms with E-state index in [1.807, 2.05) is 17.5 Å². The third-order valence-corrected chi connectivity index (χ3v) is 5.30. The molecule has 0 bridgehead atoms. The van der Waals surface area contributed by atoms with E-state index in [4.69, 9.17) is 0 Å². The van der Waals surface area contributed by atoms with Crippen LogP contribution in [0.15, 0.2) is 29.9 Å². The van der Waals surface area contributed by atoms with Crippen LogP contribution in [0.5, 0.6) is 0 Å². The van der Waals surface area contributed by atoms with E-state index in [0.717, 1.165) is 10.6 Å². The number of amides is 1. The second-order valence-corrected chi connectivity index (χ2v) is 7.21. The first-order valence-electron chi connectivity index (χ1n) is 7.84. The van der Waals surface area contributed by atoms with Gasteiger partial charge in [0.25, 0.3) is 0 Å². The zero-order valence-electron chi connectivity index (χ0n) is 13.4. The number of piperidine rings is 1. The molecule has 1 unspecified atom stereocenters. The first kappa shape index (κ1) is 16.6. The lowest BCUT2D eigenvalue weighted by molar-refractivity contribution is -0.153. The number of aromatic nitrogens is 2. The SMILES string of the molecule is CC1(C(=O)O)CCCN(C(=O)Cc2csc(-c3cccnc3)n2)C1. The minimum absolute atomic E-state index is 0.0646. The van der Waals surface area contributed by atoms with Gasteiger partial charge in [-0.3, -0.25) is 14.6 Å². The van der Waals surface area contributed by atoms with Crippen LogP contribution in [-0.4, -0.2) is 44.9 Å². The molecule has 7 heteroatoms. The summed E-state index contributed by atoms with van der Waals surface area (Å²) < 4.78 is 0. The maximum absolute atomic E-state index is 12.5. The summed E-state index contributed by atoms with van der Waals surface area (Å²) in [5.74, 6) is -0.905. The first-order valence-corrected chi connectivity index (χ1v) is 8.72. The quantitative estimate of drug-likeness (QED) is 0.920. The van der Waals surface area contributed by atoms with E-state index in [-0.39, 0.29) is 18.9 Å². The summed E-state index contributed by atoms with van der Waals surface area (Å²) in [6.07, 6.45) is 4.97. The molecule has 1 aliphatic rings. The number of hydrogen-bond donors (Lipinski definition) is 1. The van der Waals surface area contributed by atoms with Crippen molar-refractivity contribution >= 4 is 23.2 Å². The lowest BCUT2D eigenvalue weighted by atomic mass is 9.82. The molecule has 1 N–H and O–H groups in total. The van der Waals surface area contributed by atoms with Crippen LogP contribution in [0.25, 0.3) is 10.6 Å². The van der Waals surface area contributed by atoms with Gasteiger partial charge in [-0.15, -0.1) is 11.3 Å². The van der Waals surface area contributed by atoms with Crippen LogP contribution < -0.4 is 0 Å². The molecule has 0 aliphatic carbocycles. The molecule has 1 amide bonds. The van der Waals surface area contributed by atoms with Crippen LogP contribution in [0.1, 0.15) is 25.5 Å². The second-order valence-electron chi connectivity index (χ2n) is 6.35. The molecule has 0 aromatic carbocycles. The van der Waals surface area contributed by atoms with Crippen LogP contribution in [0, 0.1) is 5.41 Å². The zero-order valence-corrected chi connectivity index (χ0v) is 14.3. The molecule has 1 aliphatic heterocycles. The van der Waals surface area contributed by atoms with Gasteiger partial charge in [-0.05, 0) is 31.9 Å². The third-order valence-electron chi connectivity index (χ3n) is 4.36. The van der Waals surface area contributed by atoms with Gasteiger partial charge in [0.1, 0.15) is 5.01 Å². The molecule has 0 radical (unpaired) electrons. The summed E-state index contributed by atoms with van der Waals surface area (Å²) in [4.78, 5) is 34.1. The lowest BCUT2D eigenvalue weighted by Gasteiger charge is -2.37. The van der Waals surface area contributed by atoms with E-state index in [2.05, 4.69) is 9.97 Å². The highest BCUT2D eigenvalue weighted by molar-refractivity contribution is 7.13. The van der Waals surface area contributed by atoms with Gasteiger partial charge in [-0.1, -0.05) is 0 Å². The maximum atomic E-state index is 12.5. The summed E-state index contributed by atoms with van der Waals surface area (Å²) >= 11 is 1.48. The fraction of sp³-hybridized carbons (Fsp3) is 0.412. The Morgan fingerprint density at radius 2 is 2.29 bits per heavy atom. The lowest BCUT2D eigenvalue weighted by Crippen LogP contribution is -2.48. The van der Waals surface area contributed by atoms with Gasteiger partial charge < -0.3 is 10.0 Å². The van der Waals surface area contributed by atoms with Gasteiger partial charge in [0, 0.05) is 36.4 Å². The number of hydrogen-bond acceptors (Lipinski definition) is 5. The molecule has 1 saturated heterocycles. The number of carbonyl (C=O) groups excluding carboxylic acids is 1. The number of carboxylic acids is 1. The Balaban J connectivity index is 1.67. The van der Waals surface area contributed by atoms with E-state index in [9.17, 15) is 14.7 Å². The molecule has 2 aromatic heterocycles. The zero-order chi connectivity index (χ0) is 17.2. The predicted octanol–water partition coefficient (Wildman–Crippen LogP) is 2.46. The molecule has 6 nitrogen and oxygen atoms in total. The van der Waals surface area contributed by atoms with Crippen molar-refractivity contribution in [3.05, 3.63) is 35.6 Å². The number of likely N-dealkylation sites (tertiary alicyclic amines) is 1. The van der Waals surface area contributed by atoms with Crippen molar-refractivity contribution in [2.75, 3.05) is 13.1 Å². The molecular weight excluding hydrogens is 326 g/mol. The first-order chi connectivity index (χ1) is 11.5. The number of carbonyl (C=O) groups is 2. The Kier molecular flexibility index (Phi) is 4.62. The largest absolute Gasteiger partial charge is 0.481 e. The maximum Gasteiger partial charge on any atom is 0.311 e. The van der Waals surface area contributed by atoms with Crippen molar-refractivity contribution in [3.63, 3.8) is 0 Å². The Morgan fingerprint density at radius 3 is 3.00 bits per heavy atom. The molecule has 0 spiro atoms. The van der Waals surface area contributed by atoms with Crippen molar-refractivity contribution in [2.24, 2.45) is 5.41 Å². The molecule has 24 heavy (non-hydrogen) atoms. The average molecular weight is 345 g/mol. The van der Waals surface area contributed by atoms with Gasteiger partial charge in [-0.2, -0.15) is 0 Å². The highest BCUT2D eigenvalue weighted by Crippen LogP contribution is 2.30. The Bertz CT molecular complexity index is 747. The smallest absolute Gasteiger partial charge is 0.311 e. The topological polar surface area (TPSA) is 83.4 Å². The summed E-state index contributed by atoms with van der Waals surface area (Å²) in [5, 5.41) is 12.1. The molecule has 3 rings (SSSR count). The monoisotopic (exact) mass is 345 g/mol. The van der Waals surface area contributed by atoms with Gasteiger partial charge in [0.05, 0.1) is 17.5 Å². The summed E-state index contributed by atoms with van der Waals surface area (Å²) in [5.41, 5.74) is 0.792. The van der Waals surface area contributed by atoms with E-state index >= 15 is 0 Å². The summed E-state index contributed by atoms with van der Waals surface area (Å²) in [6.45, 7) is 2.58. The minimum Gasteiger partial charge on any atom is -0.481 e. The minimum atomic E-state index is -0.850. The molecular formula is C17H19N3O3S. The van der Waals surface area contributed by atoms with Crippen LogP contribution in [0.4, 0.5) is 0 Å². The Morgan fingerprint density at radius 1 is 1.46 bits per heavy atom. The van der Waals surface area contributed by atoms with Crippen molar-refractivity contribution < 1.29 is 14.7 Å². The number of rotatable bonds is 4. The highest BCUT2D eigenvalue weighted by Gasteiger charge is 2.39. The predicted molar refractivity (Wildman–Crippen MR) is 90.6 cm³/mol. The molecule has 3 heterocycles. The fourth-order valence-electron chi connectivity index (χ4n) is 2.90. The number of aliphatic carboxylic acids is 1. The summed E-state index contributed by atoms with van der Waals surface area (Å²) in [6, 6.07) is 3.78. The van der Waals surface area contributed by atoms with E-state index < -0.39 is 11.4 Å². The van der Waals surface area contributed by atoms with Crippen LogP contribution in [-0.2, 0) is 16.0 Å². The van der Waals surface area contributed by atoms with Crippen LogP contribution in [0.3, 0.4) is 0 Å². The Labute approximate surface area is 144 Å². The van der Waals surface area contributed by atoms with Gasteiger partial charge in [0.2, 0.25) is 5.91 Å². The third kappa shape index (κ3) is 3.46. The molecule has 1 atom stereocenters. The molecule has 2 aromatic rings. The van der Waals surface area contributed by atoms with Gasteiger partial charge in [-0.25, -0.2) is 4.98 Å². The molecule has 1 fully saturated rings. The van der Waals surface area contributed by atoms with E-state index in [1.54, 1.807) is 24.2 Å². The number of carboxylic acid groups (broad SMARTS) is 1. The van der Waals surface area contributed by atoms with E-state index in [1.165, 1.54) is 11.3 Å². The fourth-order valence-corrected chi connectivity index (χ4v) is 3.71. The van der Waals surface area contributed by atoms with E-state index in [0.29, 0.717) is 25.1 Å². The van der Waals surface area contributed by atoms with Crippen LogP contribution in [0.2, 0.25) is 0 Å². The number of nitrogens with zero attached hydrogens (tertiary/aromatic N) is 3. The van der Waals surface area contributed by atoms with Crippen molar-refractivity contribution in [1.82, 2.24) is 14.9 Å². The Hall–Kier alpha value is -2.28. The second kappa shape index (κ2) is 6.68. The summed E-state index contributed by atoms with van der Waals surface area (Å²) in [7, 11) is 0. The van der Waals surface area contributed by atoms with Gasteiger partial charge >= 0.3 is 5.97 Å².